The zero-order chi connectivity index (χ0) is 20.4. The molecule has 0 bridgehead atoms. The van der Waals surface area contributed by atoms with Gasteiger partial charge in [0, 0.05) is 24.2 Å². The van der Waals surface area contributed by atoms with Crippen molar-refractivity contribution in [3.8, 4) is 0 Å². The summed E-state index contributed by atoms with van der Waals surface area (Å²) < 4.78 is 0. The number of rotatable bonds is 5. The Morgan fingerprint density at radius 2 is 1.72 bits per heavy atom. The number of nitrogens with one attached hydrogen (secondary N) is 1. The van der Waals surface area contributed by atoms with Crippen LogP contribution in [0.2, 0.25) is 0 Å². The Kier molecular flexibility index (Phi) is 5.17. The van der Waals surface area contributed by atoms with Gasteiger partial charge in [0.2, 0.25) is 5.91 Å². The van der Waals surface area contributed by atoms with Crippen molar-refractivity contribution in [3.63, 3.8) is 0 Å². The second-order valence-corrected chi connectivity index (χ2v) is 7.60. The van der Waals surface area contributed by atoms with Crippen molar-refractivity contribution in [1.82, 2.24) is 4.90 Å². The van der Waals surface area contributed by atoms with Gasteiger partial charge in [-0.2, -0.15) is 0 Å². The summed E-state index contributed by atoms with van der Waals surface area (Å²) in [6.45, 7) is 4.42. The molecule has 1 aliphatic rings. The number of nitrogens with zero attached hydrogens (tertiary/aromatic N) is 1. The zero-order valence-electron chi connectivity index (χ0n) is 16.7. The van der Waals surface area contributed by atoms with Gasteiger partial charge in [0.05, 0.1) is 0 Å². The highest BCUT2D eigenvalue weighted by atomic mass is 16.2. The summed E-state index contributed by atoms with van der Waals surface area (Å²) in [7, 11) is 0. The quantitative estimate of drug-likeness (QED) is 0.704. The highest BCUT2D eigenvalue weighted by molar-refractivity contribution is 6.03. The number of carbonyl (C=O) groups excluding carboxylic acids is 2. The molecule has 1 aliphatic heterocycles. The third-order valence-electron chi connectivity index (χ3n) is 5.45. The van der Waals surface area contributed by atoms with Crippen molar-refractivity contribution < 1.29 is 9.59 Å². The molecule has 4 nitrogen and oxygen atoms in total. The molecule has 0 aromatic heterocycles. The molecule has 0 spiro atoms. The first kappa shape index (κ1) is 18.9. The molecule has 29 heavy (non-hydrogen) atoms. The van der Waals surface area contributed by atoms with E-state index in [-0.39, 0.29) is 11.8 Å². The molecule has 3 aromatic carbocycles. The maximum Gasteiger partial charge on any atom is 0.255 e. The molecule has 0 saturated heterocycles. The number of hydrogen-bond donors (Lipinski definition) is 1. The Morgan fingerprint density at radius 1 is 1.00 bits per heavy atom. The van der Waals surface area contributed by atoms with Crippen molar-refractivity contribution in [2.75, 3.05) is 5.32 Å². The van der Waals surface area contributed by atoms with Gasteiger partial charge in [-0.15, -0.1) is 0 Å². The molecule has 1 N–H and O–H groups in total. The molecule has 1 unspecified atom stereocenters. The number of carbonyl (C=O) groups is 2. The van der Waals surface area contributed by atoms with Crippen molar-refractivity contribution in [2.45, 2.75) is 32.9 Å². The first-order valence-electron chi connectivity index (χ1n) is 9.84. The van der Waals surface area contributed by atoms with Gasteiger partial charge in [-0.25, -0.2) is 0 Å². The van der Waals surface area contributed by atoms with E-state index in [0.29, 0.717) is 18.5 Å². The largest absolute Gasteiger partial charge is 0.324 e. The van der Waals surface area contributed by atoms with Gasteiger partial charge in [0.15, 0.2) is 0 Å². The van der Waals surface area contributed by atoms with Gasteiger partial charge >= 0.3 is 0 Å². The lowest BCUT2D eigenvalue weighted by Crippen LogP contribution is -2.45. The molecule has 1 heterocycles. The summed E-state index contributed by atoms with van der Waals surface area (Å²) in [4.78, 5) is 28.1. The first-order chi connectivity index (χ1) is 14.0. The molecule has 0 fully saturated rings. The molecule has 146 valence electrons. The summed E-state index contributed by atoms with van der Waals surface area (Å²) in [5.74, 6) is -0.249. The van der Waals surface area contributed by atoms with E-state index < -0.39 is 6.04 Å². The van der Waals surface area contributed by atoms with E-state index in [1.54, 1.807) is 4.90 Å². The fraction of sp³-hybridized carbons (Fsp3) is 0.200. The minimum atomic E-state index is -0.586. The summed E-state index contributed by atoms with van der Waals surface area (Å²) in [5.41, 5.74) is 5.54. The predicted molar refractivity (Wildman–Crippen MR) is 115 cm³/mol. The maximum absolute atomic E-state index is 13.4. The van der Waals surface area contributed by atoms with Gasteiger partial charge in [0.25, 0.3) is 5.91 Å². The minimum Gasteiger partial charge on any atom is -0.324 e. The molecule has 4 rings (SSSR count). The van der Waals surface area contributed by atoms with E-state index in [1.807, 2.05) is 86.6 Å². The van der Waals surface area contributed by atoms with Gasteiger partial charge in [0.1, 0.15) is 6.04 Å². The Labute approximate surface area is 171 Å². The van der Waals surface area contributed by atoms with Crippen LogP contribution >= 0.6 is 0 Å². The van der Waals surface area contributed by atoms with Crippen LogP contribution in [-0.4, -0.2) is 22.8 Å². The zero-order valence-corrected chi connectivity index (χ0v) is 16.7. The monoisotopic (exact) mass is 384 g/mol. The van der Waals surface area contributed by atoms with E-state index >= 15 is 0 Å². The van der Waals surface area contributed by atoms with E-state index in [4.69, 9.17) is 0 Å². The number of anilines is 1. The third-order valence-corrected chi connectivity index (χ3v) is 5.45. The Morgan fingerprint density at radius 3 is 2.48 bits per heavy atom. The minimum absolute atomic E-state index is 0.0855. The standard InChI is InChI=1S/C25H24N2O2/c1-17-12-13-18(2)22(14-17)26-24(28)23(15-19-8-4-3-5-9-19)27-16-20-10-6-7-11-21(20)25(27)29/h3-14,23H,15-16H2,1-2H3,(H,26,28). The molecular weight excluding hydrogens is 360 g/mol. The van der Waals surface area contributed by atoms with Gasteiger partial charge < -0.3 is 10.2 Å². The lowest BCUT2D eigenvalue weighted by Gasteiger charge is -2.27. The molecule has 3 aromatic rings. The second kappa shape index (κ2) is 7.92. The second-order valence-electron chi connectivity index (χ2n) is 7.60. The lowest BCUT2D eigenvalue weighted by atomic mass is 10.0. The normalized spacial score (nSPS) is 13.9. The molecule has 1 atom stereocenters. The Bertz CT molecular complexity index is 1060. The van der Waals surface area contributed by atoms with Crippen molar-refractivity contribution in [1.29, 1.82) is 0 Å². The number of aryl methyl sites for hydroxylation is 2. The molecule has 2 amide bonds. The Hall–Kier alpha value is -3.40. The van der Waals surface area contributed by atoms with Gasteiger partial charge in [-0.1, -0.05) is 60.7 Å². The smallest absolute Gasteiger partial charge is 0.255 e. The molecule has 4 heteroatoms. The third kappa shape index (κ3) is 3.92. The van der Waals surface area contributed by atoms with Crippen LogP contribution in [0.4, 0.5) is 5.69 Å². The number of fused-ring (bicyclic) bond motifs is 1. The molecule has 0 aliphatic carbocycles. The summed E-state index contributed by atoms with van der Waals surface area (Å²) >= 11 is 0. The number of benzene rings is 3. The van der Waals surface area contributed by atoms with Crippen LogP contribution in [0.25, 0.3) is 0 Å². The van der Waals surface area contributed by atoms with Gasteiger partial charge in [-0.3, -0.25) is 9.59 Å². The van der Waals surface area contributed by atoms with Crippen LogP contribution in [0.15, 0.2) is 72.8 Å². The molecule has 0 radical (unpaired) electrons. The van der Waals surface area contributed by atoms with Crippen molar-refractivity contribution in [2.24, 2.45) is 0 Å². The molecular formula is C25H24N2O2. The van der Waals surface area contributed by atoms with Crippen LogP contribution in [0, 0.1) is 13.8 Å². The van der Waals surface area contributed by atoms with E-state index in [2.05, 4.69) is 5.32 Å². The molecule has 0 saturated carbocycles. The van der Waals surface area contributed by atoms with E-state index in [1.165, 1.54) is 0 Å². The topological polar surface area (TPSA) is 49.4 Å². The van der Waals surface area contributed by atoms with Gasteiger partial charge in [-0.05, 0) is 48.2 Å². The van der Waals surface area contributed by atoms with Crippen LogP contribution in [0.3, 0.4) is 0 Å². The van der Waals surface area contributed by atoms with E-state index in [0.717, 1.165) is 27.9 Å². The van der Waals surface area contributed by atoms with Crippen molar-refractivity contribution in [3.05, 3.63) is 101 Å². The van der Waals surface area contributed by atoms with Crippen LogP contribution in [0.1, 0.15) is 32.6 Å². The average Bonchev–Trinajstić information content (AvgIpc) is 3.06. The summed E-state index contributed by atoms with van der Waals surface area (Å²) in [5, 5.41) is 3.06. The summed E-state index contributed by atoms with van der Waals surface area (Å²) in [6.07, 6.45) is 0.470. The number of amides is 2. The highest BCUT2D eigenvalue weighted by Gasteiger charge is 2.36. The SMILES string of the molecule is Cc1ccc(C)c(NC(=O)C(Cc2ccccc2)N2Cc3ccccc3C2=O)c1. The van der Waals surface area contributed by atoms with Crippen LogP contribution < -0.4 is 5.32 Å². The predicted octanol–water partition coefficient (Wildman–Crippen LogP) is 4.51. The number of hydrogen-bond acceptors (Lipinski definition) is 2. The fourth-order valence-electron chi connectivity index (χ4n) is 3.80. The maximum atomic E-state index is 13.4. The Balaban J connectivity index is 1.65. The first-order valence-corrected chi connectivity index (χ1v) is 9.84. The lowest BCUT2D eigenvalue weighted by molar-refractivity contribution is -0.120. The fourth-order valence-corrected chi connectivity index (χ4v) is 3.80. The van der Waals surface area contributed by atoms with Crippen LogP contribution in [-0.2, 0) is 17.8 Å². The van der Waals surface area contributed by atoms with Crippen LogP contribution in [0.5, 0.6) is 0 Å². The highest BCUT2D eigenvalue weighted by Crippen LogP contribution is 2.27. The summed E-state index contributed by atoms with van der Waals surface area (Å²) in [6, 6.07) is 22.8. The van der Waals surface area contributed by atoms with E-state index in [9.17, 15) is 9.59 Å². The van der Waals surface area contributed by atoms with Crippen molar-refractivity contribution >= 4 is 17.5 Å². The average molecular weight is 384 g/mol.